The Labute approximate surface area is 128 Å². The summed E-state index contributed by atoms with van der Waals surface area (Å²) in [5, 5.41) is 3.58. The molecule has 21 heavy (non-hydrogen) atoms. The van der Waals surface area contributed by atoms with Crippen LogP contribution in [0.15, 0.2) is 24.3 Å². The van der Waals surface area contributed by atoms with E-state index in [9.17, 15) is 0 Å². The van der Waals surface area contributed by atoms with Crippen molar-refractivity contribution in [1.29, 1.82) is 0 Å². The molecule has 1 heterocycles. The molecule has 1 N–H and O–H groups in total. The highest BCUT2D eigenvalue weighted by Crippen LogP contribution is 2.27. The summed E-state index contributed by atoms with van der Waals surface area (Å²) in [4.78, 5) is 2.41. The van der Waals surface area contributed by atoms with Crippen molar-refractivity contribution < 1.29 is 9.47 Å². The molecule has 1 aromatic rings. The van der Waals surface area contributed by atoms with Crippen molar-refractivity contribution in [3.05, 3.63) is 29.8 Å². The van der Waals surface area contributed by atoms with Gasteiger partial charge in [0.2, 0.25) is 0 Å². The van der Waals surface area contributed by atoms with Gasteiger partial charge in [-0.25, -0.2) is 0 Å². The highest BCUT2D eigenvalue weighted by molar-refractivity contribution is 5.36. The largest absolute Gasteiger partial charge is 0.496 e. The standard InChI is InChI=1S/C17H28N2O2/c1-5-18-15(14-8-6-7-9-17(14)20-4)12-19(3)16-10-11-21-13(16)2/h6-9,13,15-16,18H,5,10-12H2,1-4H3. The summed E-state index contributed by atoms with van der Waals surface area (Å²) < 4.78 is 11.2. The second kappa shape index (κ2) is 7.78. The van der Waals surface area contributed by atoms with Gasteiger partial charge in [-0.1, -0.05) is 25.1 Å². The number of benzene rings is 1. The first-order valence-electron chi connectivity index (χ1n) is 7.85. The number of likely N-dealkylation sites (N-methyl/N-ethyl adjacent to an activating group) is 2. The first-order chi connectivity index (χ1) is 10.2. The summed E-state index contributed by atoms with van der Waals surface area (Å²) in [5.41, 5.74) is 1.22. The third-order valence-electron chi connectivity index (χ3n) is 4.34. The van der Waals surface area contributed by atoms with Crippen molar-refractivity contribution in [3.63, 3.8) is 0 Å². The molecule has 0 bridgehead atoms. The Balaban J connectivity index is 2.11. The molecule has 1 aliphatic heterocycles. The normalized spacial score (nSPS) is 23.5. The van der Waals surface area contributed by atoms with Crippen LogP contribution in [0.25, 0.3) is 0 Å². The second-order valence-corrected chi connectivity index (χ2v) is 5.72. The third-order valence-corrected chi connectivity index (χ3v) is 4.34. The van der Waals surface area contributed by atoms with Gasteiger partial charge < -0.3 is 14.8 Å². The van der Waals surface area contributed by atoms with Crippen LogP contribution in [0.3, 0.4) is 0 Å². The minimum atomic E-state index is 0.268. The molecule has 1 aromatic carbocycles. The summed E-state index contributed by atoms with van der Waals surface area (Å²) in [6, 6.07) is 9.03. The lowest BCUT2D eigenvalue weighted by atomic mass is 10.0. The van der Waals surface area contributed by atoms with E-state index in [0.29, 0.717) is 12.1 Å². The third kappa shape index (κ3) is 3.96. The highest BCUT2D eigenvalue weighted by Gasteiger charge is 2.29. The van der Waals surface area contributed by atoms with Crippen LogP contribution in [0.1, 0.15) is 31.9 Å². The lowest BCUT2D eigenvalue weighted by Crippen LogP contribution is -2.42. The molecule has 1 saturated heterocycles. The maximum Gasteiger partial charge on any atom is 0.123 e. The molecule has 0 aromatic heterocycles. The van der Waals surface area contributed by atoms with E-state index in [2.05, 4.69) is 43.2 Å². The van der Waals surface area contributed by atoms with Gasteiger partial charge in [0.1, 0.15) is 5.75 Å². The van der Waals surface area contributed by atoms with Crippen LogP contribution in [0.5, 0.6) is 5.75 Å². The van der Waals surface area contributed by atoms with Crippen LogP contribution in [-0.2, 0) is 4.74 Å². The average molecular weight is 292 g/mol. The predicted molar refractivity (Wildman–Crippen MR) is 85.9 cm³/mol. The number of hydrogen-bond acceptors (Lipinski definition) is 4. The van der Waals surface area contributed by atoms with Crippen LogP contribution in [-0.4, -0.2) is 50.9 Å². The molecule has 0 radical (unpaired) electrons. The first-order valence-corrected chi connectivity index (χ1v) is 7.85. The number of rotatable bonds is 7. The number of nitrogens with zero attached hydrogens (tertiary/aromatic N) is 1. The zero-order valence-electron chi connectivity index (χ0n) is 13.6. The zero-order chi connectivity index (χ0) is 15.2. The topological polar surface area (TPSA) is 33.7 Å². The molecule has 0 amide bonds. The van der Waals surface area contributed by atoms with Crippen molar-refractivity contribution in [3.8, 4) is 5.75 Å². The van der Waals surface area contributed by atoms with Gasteiger partial charge >= 0.3 is 0 Å². The second-order valence-electron chi connectivity index (χ2n) is 5.72. The van der Waals surface area contributed by atoms with Gasteiger partial charge in [0, 0.05) is 30.8 Å². The van der Waals surface area contributed by atoms with Gasteiger partial charge in [-0.15, -0.1) is 0 Å². The molecule has 3 atom stereocenters. The van der Waals surface area contributed by atoms with E-state index in [1.807, 2.05) is 12.1 Å². The van der Waals surface area contributed by atoms with E-state index >= 15 is 0 Å². The molecule has 0 saturated carbocycles. The van der Waals surface area contributed by atoms with E-state index in [-0.39, 0.29) is 6.04 Å². The van der Waals surface area contributed by atoms with Crippen LogP contribution in [0.2, 0.25) is 0 Å². The molecular weight excluding hydrogens is 264 g/mol. The Morgan fingerprint density at radius 3 is 2.81 bits per heavy atom. The van der Waals surface area contributed by atoms with Gasteiger partial charge in [-0.2, -0.15) is 0 Å². The SMILES string of the molecule is CCNC(CN(C)C1CCOC1C)c1ccccc1OC. The molecule has 0 spiro atoms. The smallest absolute Gasteiger partial charge is 0.123 e. The van der Waals surface area contributed by atoms with Crippen molar-refractivity contribution >= 4 is 0 Å². The average Bonchev–Trinajstić information content (AvgIpc) is 2.93. The highest BCUT2D eigenvalue weighted by atomic mass is 16.5. The van der Waals surface area contributed by atoms with Crippen LogP contribution in [0.4, 0.5) is 0 Å². The molecule has 1 fully saturated rings. The Bertz CT molecular complexity index is 439. The number of para-hydroxylation sites is 1. The molecule has 2 rings (SSSR count). The molecule has 3 unspecified atom stereocenters. The Hall–Kier alpha value is -1.10. The van der Waals surface area contributed by atoms with E-state index in [1.54, 1.807) is 7.11 Å². The van der Waals surface area contributed by atoms with E-state index in [0.717, 1.165) is 31.9 Å². The fourth-order valence-corrected chi connectivity index (χ4v) is 3.20. The summed E-state index contributed by atoms with van der Waals surface area (Å²) in [6.45, 7) is 7.07. The lowest BCUT2D eigenvalue weighted by Gasteiger charge is -2.31. The lowest BCUT2D eigenvalue weighted by molar-refractivity contribution is 0.0803. The van der Waals surface area contributed by atoms with Crippen LogP contribution < -0.4 is 10.1 Å². The van der Waals surface area contributed by atoms with Gasteiger partial charge in [0.25, 0.3) is 0 Å². The molecule has 4 nitrogen and oxygen atoms in total. The predicted octanol–water partition coefficient (Wildman–Crippen LogP) is 2.46. The van der Waals surface area contributed by atoms with Crippen molar-refractivity contribution in [2.75, 3.05) is 33.9 Å². The molecule has 4 heteroatoms. The molecule has 118 valence electrons. The minimum absolute atomic E-state index is 0.268. The van der Waals surface area contributed by atoms with Crippen molar-refractivity contribution in [1.82, 2.24) is 10.2 Å². The quantitative estimate of drug-likeness (QED) is 0.837. The summed E-state index contributed by atoms with van der Waals surface area (Å²) >= 11 is 0. The number of hydrogen-bond donors (Lipinski definition) is 1. The fourth-order valence-electron chi connectivity index (χ4n) is 3.20. The molecular formula is C17H28N2O2. The zero-order valence-corrected chi connectivity index (χ0v) is 13.6. The number of methoxy groups -OCH3 is 1. The Morgan fingerprint density at radius 1 is 1.43 bits per heavy atom. The maximum absolute atomic E-state index is 5.69. The van der Waals surface area contributed by atoms with Gasteiger partial charge in [0.05, 0.1) is 13.2 Å². The van der Waals surface area contributed by atoms with Crippen LogP contribution >= 0.6 is 0 Å². The van der Waals surface area contributed by atoms with Crippen molar-refractivity contribution in [2.45, 2.75) is 38.5 Å². The van der Waals surface area contributed by atoms with Crippen LogP contribution in [0, 0.1) is 0 Å². The van der Waals surface area contributed by atoms with E-state index < -0.39 is 0 Å². The first kappa shape index (κ1) is 16.3. The van der Waals surface area contributed by atoms with Gasteiger partial charge in [-0.05, 0) is 33.0 Å². The summed E-state index contributed by atoms with van der Waals surface area (Å²) in [6.07, 6.45) is 1.43. The number of nitrogens with one attached hydrogen (secondary N) is 1. The Morgan fingerprint density at radius 2 is 2.19 bits per heavy atom. The van der Waals surface area contributed by atoms with Gasteiger partial charge in [-0.3, -0.25) is 4.90 Å². The summed E-state index contributed by atoms with van der Waals surface area (Å²) in [5.74, 6) is 0.951. The number of ether oxygens (including phenoxy) is 2. The molecule has 0 aliphatic carbocycles. The maximum atomic E-state index is 5.69. The van der Waals surface area contributed by atoms with E-state index in [1.165, 1.54) is 5.56 Å². The molecule has 1 aliphatic rings. The minimum Gasteiger partial charge on any atom is -0.496 e. The van der Waals surface area contributed by atoms with E-state index in [4.69, 9.17) is 9.47 Å². The van der Waals surface area contributed by atoms with Crippen molar-refractivity contribution in [2.24, 2.45) is 0 Å². The Kier molecular flexibility index (Phi) is 6.03. The summed E-state index contributed by atoms with van der Waals surface area (Å²) in [7, 11) is 3.92. The fraction of sp³-hybridized carbons (Fsp3) is 0.647. The monoisotopic (exact) mass is 292 g/mol. The van der Waals surface area contributed by atoms with Gasteiger partial charge in [0.15, 0.2) is 0 Å².